The second-order valence-corrected chi connectivity index (χ2v) is 3.02. The maximum Gasteiger partial charge on any atom is 0.302 e. The Morgan fingerprint density at radius 2 is 1.79 bits per heavy atom. The normalized spacial score (nSPS) is 10.7. The van der Waals surface area contributed by atoms with Crippen molar-refractivity contribution in [1.82, 2.24) is 19.9 Å². The first-order chi connectivity index (χ1) is 6.58. The first kappa shape index (κ1) is 8.61. The molecule has 2 heterocycles. The number of anilines is 1. The minimum Gasteiger partial charge on any atom is -0.369 e. The lowest BCUT2D eigenvalue weighted by molar-refractivity contribution is 1.05. The van der Waals surface area contributed by atoms with E-state index in [2.05, 4.69) is 19.9 Å². The van der Waals surface area contributed by atoms with Crippen LogP contribution < -0.4 is 11.3 Å². The smallest absolute Gasteiger partial charge is 0.302 e. The molecule has 0 aliphatic rings. The van der Waals surface area contributed by atoms with Crippen molar-refractivity contribution in [2.45, 2.75) is 13.8 Å². The van der Waals surface area contributed by atoms with E-state index in [9.17, 15) is 4.79 Å². The van der Waals surface area contributed by atoms with E-state index in [0.29, 0.717) is 5.65 Å². The van der Waals surface area contributed by atoms with Crippen molar-refractivity contribution in [2.24, 2.45) is 0 Å². The van der Waals surface area contributed by atoms with Crippen LogP contribution in [0.4, 0.5) is 5.95 Å². The Balaban J connectivity index is 2.96. The van der Waals surface area contributed by atoms with E-state index in [1.165, 1.54) is 0 Å². The number of nitrogens with one attached hydrogen (secondary N) is 1. The Hall–Kier alpha value is -1.98. The molecule has 0 saturated carbocycles. The summed E-state index contributed by atoms with van der Waals surface area (Å²) in [6, 6.07) is 0. The molecule has 0 spiro atoms. The highest BCUT2D eigenvalue weighted by molar-refractivity contribution is 5.69. The van der Waals surface area contributed by atoms with Gasteiger partial charge in [-0.15, -0.1) is 0 Å². The summed E-state index contributed by atoms with van der Waals surface area (Å²) in [7, 11) is 0. The van der Waals surface area contributed by atoms with Gasteiger partial charge in [0.15, 0.2) is 11.2 Å². The topological polar surface area (TPSA) is 97.5 Å². The van der Waals surface area contributed by atoms with E-state index in [1.807, 2.05) is 6.92 Å². The maximum atomic E-state index is 11.3. The van der Waals surface area contributed by atoms with Crippen molar-refractivity contribution < 1.29 is 0 Å². The highest BCUT2D eigenvalue weighted by atomic mass is 16.1. The van der Waals surface area contributed by atoms with E-state index >= 15 is 0 Å². The number of nitrogen functional groups attached to an aromatic ring is 1. The van der Waals surface area contributed by atoms with Crippen molar-refractivity contribution in [3.63, 3.8) is 0 Å². The summed E-state index contributed by atoms with van der Waals surface area (Å²) in [4.78, 5) is 25.8. The van der Waals surface area contributed by atoms with E-state index in [1.54, 1.807) is 6.92 Å². The van der Waals surface area contributed by atoms with Gasteiger partial charge in [-0.2, -0.15) is 4.98 Å². The Morgan fingerprint density at radius 3 is 2.50 bits per heavy atom. The Morgan fingerprint density at radius 1 is 1.14 bits per heavy atom. The zero-order valence-corrected chi connectivity index (χ0v) is 7.83. The second-order valence-electron chi connectivity index (χ2n) is 3.02. The first-order valence-electron chi connectivity index (χ1n) is 4.08. The number of aryl methyl sites for hydroxylation is 2. The van der Waals surface area contributed by atoms with Crippen LogP contribution in [0.2, 0.25) is 0 Å². The van der Waals surface area contributed by atoms with E-state index in [4.69, 9.17) is 5.73 Å². The monoisotopic (exact) mass is 191 g/mol. The molecule has 14 heavy (non-hydrogen) atoms. The molecule has 0 aliphatic carbocycles. The molecule has 2 aromatic rings. The van der Waals surface area contributed by atoms with Crippen LogP contribution in [0.25, 0.3) is 11.2 Å². The molecule has 6 nitrogen and oxygen atoms in total. The molecule has 0 bridgehead atoms. The first-order valence-corrected chi connectivity index (χ1v) is 4.08. The van der Waals surface area contributed by atoms with Crippen molar-refractivity contribution >= 4 is 17.1 Å². The number of rotatable bonds is 0. The van der Waals surface area contributed by atoms with Crippen molar-refractivity contribution in [1.29, 1.82) is 0 Å². The summed E-state index contributed by atoms with van der Waals surface area (Å²) in [6.07, 6.45) is 0. The molecule has 0 fully saturated rings. The molecule has 0 unspecified atom stereocenters. The lowest BCUT2D eigenvalue weighted by Crippen LogP contribution is -2.14. The van der Waals surface area contributed by atoms with Crippen molar-refractivity contribution in [3.8, 4) is 0 Å². The maximum absolute atomic E-state index is 11.3. The third kappa shape index (κ3) is 1.20. The number of nitrogens with two attached hydrogens (primary N) is 1. The predicted octanol–water partition coefficient (Wildman–Crippen LogP) is -0.0879. The minimum absolute atomic E-state index is 0.0556. The quantitative estimate of drug-likeness (QED) is 0.606. The largest absolute Gasteiger partial charge is 0.369 e. The lowest BCUT2D eigenvalue weighted by Gasteiger charge is -2.01. The number of hydrogen-bond donors (Lipinski definition) is 2. The van der Waals surface area contributed by atoms with Crippen LogP contribution in [-0.4, -0.2) is 19.9 Å². The van der Waals surface area contributed by atoms with Gasteiger partial charge in [0.1, 0.15) is 0 Å². The Labute approximate surface area is 79.2 Å². The van der Waals surface area contributed by atoms with Crippen LogP contribution in [0.3, 0.4) is 0 Å². The zero-order valence-electron chi connectivity index (χ0n) is 7.83. The summed E-state index contributed by atoms with van der Waals surface area (Å²) >= 11 is 0. The van der Waals surface area contributed by atoms with E-state index < -0.39 is 5.56 Å². The zero-order chi connectivity index (χ0) is 10.3. The Bertz CT molecular complexity index is 559. The van der Waals surface area contributed by atoms with Crippen molar-refractivity contribution in [3.05, 3.63) is 21.7 Å². The highest BCUT2D eigenvalue weighted by Gasteiger charge is 2.06. The highest BCUT2D eigenvalue weighted by Crippen LogP contribution is 2.06. The molecule has 0 atom stereocenters. The summed E-state index contributed by atoms with van der Waals surface area (Å²) < 4.78 is 0. The number of nitrogens with zero attached hydrogens (tertiary/aromatic N) is 3. The number of aromatic nitrogens is 4. The van der Waals surface area contributed by atoms with Crippen LogP contribution >= 0.6 is 0 Å². The van der Waals surface area contributed by atoms with Gasteiger partial charge >= 0.3 is 5.56 Å². The third-order valence-corrected chi connectivity index (χ3v) is 1.98. The SMILES string of the molecule is Cc1nc2[nH]c(N)nc(=O)c2nc1C. The Kier molecular flexibility index (Phi) is 1.70. The van der Waals surface area contributed by atoms with Crippen LogP contribution in [0.1, 0.15) is 11.4 Å². The molecular formula is C8H9N5O. The summed E-state index contributed by atoms with van der Waals surface area (Å²) in [5.41, 5.74) is 7.01. The van der Waals surface area contributed by atoms with Gasteiger partial charge < -0.3 is 10.7 Å². The minimum atomic E-state index is -0.452. The van der Waals surface area contributed by atoms with Gasteiger partial charge in [-0.05, 0) is 13.8 Å². The molecule has 0 aliphatic heterocycles. The second kappa shape index (κ2) is 2.76. The molecule has 6 heteroatoms. The number of aromatic amines is 1. The molecule has 0 amide bonds. The summed E-state index contributed by atoms with van der Waals surface area (Å²) in [5, 5.41) is 0. The fourth-order valence-corrected chi connectivity index (χ4v) is 1.15. The molecule has 2 aromatic heterocycles. The van der Waals surface area contributed by atoms with Gasteiger partial charge in [-0.1, -0.05) is 0 Å². The molecule has 72 valence electrons. The summed E-state index contributed by atoms with van der Waals surface area (Å²) in [6.45, 7) is 3.61. The number of fused-ring (bicyclic) bond motifs is 1. The fraction of sp³-hybridized carbons (Fsp3) is 0.250. The fourth-order valence-electron chi connectivity index (χ4n) is 1.15. The summed E-state index contributed by atoms with van der Waals surface area (Å²) in [5.74, 6) is 0.0556. The molecule has 3 N–H and O–H groups in total. The standard InChI is InChI=1S/C8H9N5O/c1-3-4(2)11-6-5(10-3)7(14)13-8(9)12-6/h1-2H3,(H3,9,11,12,13,14). The van der Waals surface area contributed by atoms with Gasteiger partial charge in [0.25, 0.3) is 0 Å². The molecule has 0 saturated heterocycles. The van der Waals surface area contributed by atoms with Gasteiger partial charge in [-0.25, -0.2) is 9.97 Å². The molecule has 0 aromatic carbocycles. The average molecular weight is 191 g/mol. The third-order valence-electron chi connectivity index (χ3n) is 1.98. The van der Waals surface area contributed by atoms with Gasteiger partial charge in [0.05, 0.1) is 11.4 Å². The van der Waals surface area contributed by atoms with Crippen LogP contribution in [0.5, 0.6) is 0 Å². The lowest BCUT2D eigenvalue weighted by atomic mass is 10.3. The number of H-pyrrole nitrogens is 1. The van der Waals surface area contributed by atoms with Gasteiger partial charge in [0, 0.05) is 0 Å². The van der Waals surface area contributed by atoms with E-state index in [0.717, 1.165) is 11.4 Å². The van der Waals surface area contributed by atoms with Gasteiger partial charge in [-0.3, -0.25) is 4.79 Å². The molecule has 2 rings (SSSR count). The van der Waals surface area contributed by atoms with Crippen LogP contribution in [0.15, 0.2) is 4.79 Å². The van der Waals surface area contributed by atoms with Crippen LogP contribution in [0, 0.1) is 13.8 Å². The van der Waals surface area contributed by atoms with Crippen molar-refractivity contribution in [2.75, 3.05) is 5.73 Å². The molecule has 0 radical (unpaired) electrons. The number of hydrogen-bond acceptors (Lipinski definition) is 5. The van der Waals surface area contributed by atoms with Gasteiger partial charge in [0.2, 0.25) is 5.95 Å². The molecular weight excluding hydrogens is 182 g/mol. The van der Waals surface area contributed by atoms with E-state index in [-0.39, 0.29) is 11.5 Å². The average Bonchev–Trinajstić information content (AvgIpc) is 2.08. The predicted molar refractivity (Wildman–Crippen MR) is 51.8 cm³/mol. The van der Waals surface area contributed by atoms with Crippen LogP contribution in [-0.2, 0) is 0 Å².